The van der Waals surface area contributed by atoms with Crippen molar-refractivity contribution in [3.05, 3.63) is 47.1 Å². The first kappa shape index (κ1) is 18.0. The number of hydrogen-bond donors (Lipinski definition) is 2. The highest BCUT2D eigenvalue weighted by atomic mass is 35.5. The molecule has 1 amide bonds. The van der Waals surface area contributed by atoms with Gasteiger partial charge < -0.3 is 20.1 Å². The minimum atomic E-state index is -0.155. The number of methoxy groups -OCH3 is 2. The predicted octanol–water partition coefficient (Wildman–Crippen LogP) is 3.25. The first-order valence-corrected chi connectivity index (χ1v) is 7.85. The Morgan fingerprint density at radius 3 is 2.71 bits per heavy atom. The Morgan fingerprint density at radius 2 is 2.08 bits per heavy atom. The number of ether oxygens (including phenoxy) is 2. The molecule has 2 aromatic rings. The van der Waals surface area contributed by atoms with E-state index in [-0.39, 0.29) is 5.91 Å². The number of carbonyl (C=O) groups excluding carboxylic acids is 1. The second-order valence-corrected chi connectivity index (χ2v) is 5.42. The summed E-state index contributed by atoms with van der Waals surface area (Å²) in [6, 6.07) is 8.81. The molecule has 128 valence electrons. The molecule has 7 heteroatoms. The third kappa shape index (κ3) is 5.11. The quantitative estimate of drug-likeness (QED) is 0.716. The van der Waals surface area contributed by atoms with Gasteiger partial charge in [-0.1, -0.05) is 11.6 Å². The number of rotatable bonds is 8. The monoisotopic (exact) mass is 349 g/mol. The fourth-order valence-corrected chi connectivity index (χ4v) is 2.27. The molecule has 0 aliphatic carbocycles. The van der Waals surface area contributed by atoms with E-state index < -0.39 is 0 Å². The first-order valence-electron chi connectivity index (χ1n) is 7.48. The summed E-state index contributed by atoms with van der Waals surface area (Å²) in [6.07, 6.45) is 2.30. The van der Waals surface area contributed by atoms with E-state index in [9.17, 15) is 4.79 Å². The highest BCUT2D eigenvalue weighted by molar-refractivity contribution is 6.32. The average Bonchev–Trinajstić information content (AvgIpc) is 2.59. The van der Waals surface area contributed by atoms with Gasteiger partial charge >= 0.3 is 0 Å². The van der Waals surface area contributed by atoms with Gasteiger partial charge in [-0.2, -0.15) is 0 Å². The molecule has 0 fully saturated rings. The first-order chi connectivity index (χ1) is 11.6. The van der Waals surface area contributed by atoms with Gasteiger partial charge in [0.2, 0.25) is 0 Å². The lowest BCUT2D eigenvalue weighted by Gasteiger charge is -2.09. The van der Waals surface area contributed by atoms with Crippen molar-refractivity contribution in [2.75, 3.05) is 32.7 Å². The van der Waals surface area contributed by atoms with Crippen LogP contribution in [0.4, 0.5) is 11.5 Å². The van der Waals surface area contributed by atoms with Gasteiger partial charge in [-0.25, -0.2) is 4.98 Å². The number of aromatic nitrogens is 1. The van der Waals surface area contributed by atoms with Gasteiger partial charge in [0.05, 0.1) is 17.7 Å². The highest BCUT2D eigenvalue weighted by Gasteiger charge is 2.06. The fourth-order valence-electron chi connectivity index (χ4n) is 2.01. The van der Waals surface area contributed by atoms with Crippen LogP contribution in [0.2, 0.25) is 5.02 Å². The van der Waals surface area contributed by atoms with Crippen molar-refractivity contribution >= 4 is 29.0 Å². The van der Waals surface area contributed by atoms with Crippen LogP contribution >= 0.6 is 11.6 Å². The lowest BCUT2D eigenvalue weighted by molar-refractivity contribution is 0.0948. The summed E-state index contributed by atoms with van der Waals surface area (Å²) in [5.74, 6) is 1.07. The van der Waals surface area contributed by atoms with Crippen LogP contribution in [0.25, 0.3) is 0 Å². The number of carbonyl (C=O) groups is 1. The van der Waals surface area contributed by atoms with Crippen LogP contribution in [0.3, 0.4) is 0 Å². The van der Waals surface area contributed by atoms with Crippen molar-refractivity contribution < 1.29 is 14.3 Å². The Bertz CT molecular complexity index is 677. The summed E-state index contributed by atoms with van der Waals surface area (Å²) in [4.78, 5) is 16.2. The van der Waals surface area contributed by atoms with E-state index >= 15 is 0 Å². The Morgan fingerprint density at radius 1 is 1.25 bits per heavy atom. The van der Waals surface area contributed by atoms with Crippen LogP contribution in [-0.2, 0) is 4.74 Å². The molecule has 0 bridgehead atoms. The molecule has 0 radical (unpaired) electrons. The average molecular weight is 350 g/mol. The number of halogens is 1. The van der Waals surface area contributed by atoms with E-state index in [4.69, 9.17) is 21.1 Å². The Balaban J connectivity index is 1.94. The maximum absolute atomic E-state index is 11.9. The SMILES string of the molecule is COCCCNC(=O)c1ccc(Nc2ccc(OC)c(Cl)c2)nc1. The van der Waals surface area contributed by atoms with Gasteiger partial charge in [0.15, 0.2) is 0 Å². The summed E-state index contributed by atoms with van der Waals surface area (Å²) >= 11 is 6.09. The zero-order valence-corrected chi connectivity index (χ0v) is 14.4. The Hall–Kier alpha value is -2.31. The summed E-state index contributed by atoms with van der Waals surface area (Å²) in [7, 11) is 3.20. The van der Waals surface area contributed by atoms with Crippen molar-refractivity contribution in [1.29, 1.82) is 0 Å². The molecule has 24 heavy (non-hydrogen) atoms. The molecule has 0 saturated carbocycles. The second kappa shape index (κ2) is 9.10. The summed E-state index contributed by atoms with van der Waals surface area (Å²) in [5, 5.41) is 6.44. The van der Waals surface area contributed by atoms with Crippen LogP contribution in [0, 0.1) is 0 Å². The number of pyridine rings is 1. The van der Waals surface area contributed by atoms with Gasteiger partial charge in [0, 0.05) is 32.1 Å². The number of hydrogen-bond acceptors (Lipinski definition) is 5. The molecular weight excluding hydrogens is 330 g/mol. The van der Waals surface area contributed by atoms with Crippen molar-refractivity contribution in [3.63, 3.8) is 0 Å². The molecule has 0 unspecified atom stereocenters. The fraction of sp³-hybridized carbons (Fsp3) is 0.294. The van der Waals surface area contributed by atoms with Gasteiger partial charge in [-0.15, -0.1) is 0 Å². The van der Waals surface area contributed by atoms with Gasteiger partial charge in [-0.3, -0.25) is 4.79 Å². The largest absolute Gasteiger partial charge is 0.495 e. The van der Waals surface area contributed by atoms with Crippen LogP contribution in [0.15, 0.2) is 36.5 Å². The number of nitrogens with one attached hydrogen (secondary N) is 2. The lowest BCUT2D eigenvalue weighted by atomic mass is 10.2. The molecule has 0 aliphatic rings. The van der Waals surface area contributed by atoms with E-state index in [1.807, 2.05) is 6.07 Å². The number of amides is 1. The summed E-state index contributed by atoms with van der Waals surface area (Å²) in [6.45, 7) is 1.18. The van der Waals surface area contributed by atoms with E-state index in [0.29, 0.717) is 35.3 Å². The van der Waals surface area contributed by atoms with Gasteiger partial charge in [0.25, 0.3) is 5.91 Å². The zero-order chi connectivity index (χ0) is 17.4. The van der Waals surface area contributed by atoms with E-state index in [1.165, 1.54) is 6.20 Å². The molecule has 0 aliphatic heterocycles. The molecule has 2 rings (SSSR count). The third-order valence-corrected chi connectivity index (χ3v) is 3.56. The Kier molecular flexibility index (Phi) is 6.84. The maximum Gasteiger partial charge on any atom is 0.252 e. The van der Waals surface area contributed by atoms with E-state index in [2.05, 4.69) is 15.6 Å². The topological polar surface area (TPSA) is 72.5 Å². The number of nitrogens with zero attached hydrogens (tertiary/aromatic N) is 1. The predicted molar refractivity (Wildman–Crippen MR) is 94.3 cm³/mol. The van der Waals surface area contributed by atoms with Crippen LogP contribution < -0.4 is 15.4 Å². The molecule has 0 atom stereocenters. The number of anilines is 2. The molecule has 1 aromatic carbocycles. The van der Waals surface area contributed by atoms with E-state index in [0.717, 1.165) is 12.1 Å². The smallest absolute Gasteiger partial charge is 0.252 e. The lowest BCUT2D eigenvalue weighted by Crippen LogP contribution is -2.25. The third-order valence-electron chi connectivity index (χ3n) is 3.26. The van der Waals surface area contributed by atoms with Gasteiger partial charge in [0.1, 0.15) is 11.6 Å². The minimum absolute atomic E-state index is 0.155. The van der Waals surface area contributed by atoms with Crippen LogP contribution in [-0.4, -0.2) is 38.3 Å². The van der Waals surface area contributed by atoms with Crippen molar-refractivity contribution in [2.45, 2.75) is 6.42 Å². The molecule has 2 N–H and O–H groups in total. The second-order valence-electron chi connectivity index (χ2n) is 5.01. The molecule has 1 heterocycles. The standard InChI is InChI=1S/C17H20ClN3O3/c1-23-9-3-8-19-17(22)12-4-7-16(20-11-12)21-13-5-6-15(24-2)14(18)10-13/h4-7,10-11H,3,8-9H2,1-2H3,(H,19,22)(H,20,21). The molecular formula is C17H20ClN3O3. The van der Waals surface area contributed by atoms with Crippen LogP contribution in [0.5, 0.6) is 5.75 Å². The number of benzene rings is 1. The van der Waals surface area contributed by atoms with E-state index in [1.54, 1.807) is 38.5 Å². The Labute approximate surface area is 146 Å². The molecule has 0 spiro atoms. The normalized spacial score (nSPS) is 10.3. The minimum Gasteiger partial charge on any atom is -0.495 e. The summed E-state index contributed by atoms with van der Waals surface area (Å²) < 4.78 is 10.0. The highest BCUT2D eigenvalue weighted by Crippen LogP contribution is 2.28. The molecule has 1 aromatic heterocycles. The van der Waals surface area contributed by atoms with Crippen LogP contribution in [0.1, 0.15) is 16.8 Å². The van der Waals surface area contributed by atoms with Crippen molar-refractivity contribution in [2.24, 2.45) is 0 Å². The van der Waals surface area contributed by atoms with Gasteiger partial charge in [-0.05, 0) is 36.8 Å². The zero-order valence-electron chi connectivity index (χ0n) is 13.6. The molecule has 6 nitrogen and oxygen atoms in total. The maximum atomic E-state index is 11.9. The van der Waals surface area contributed by atoms with Crippen molar-refractivity contribution in [1.82, 2.24) is 10.3 Å². The van der Waals surface area contributed by atoms with Crippen molar-refractivity contribution in [3.8, 4) is 5.75 Å². The molecule has 0 saturated heterocycles. The summed E-state index contributed by atoms with van der Waals surface area (Å²) in [5.41, 5.74) is 1.29.